The minimum absolute atomic E-state index is 0.317. The van der Waals surface area contributed by atoms with Crippen LogP contribution in [-0.4, -0.2) is 18.7 Å². The Kier molecular flexibility index (Phi) is 4.81. The summed E-state index contributed by atoms with van der Waals surface area (Å²) in [4.78, 5) is 2.10. The molecule has 1 aliphatic rings. The average Bonchev–Trinajstić information content (AvgIpc) is 2.39. The van der Waals surface area contributed by atoms with Gasteiger partial charge in [-0.05, 0) is 37.8 Å². The lowest BCUT2D eigenvalue weighted by Gasteiger charge is -2.30. The molecule has 0 radical (unpaired) electrons. The van der Waals surface area contributed by atoms with E-state index in [0.29, 0.717) is 11.5 Å². The van der Waals surface area contributed by atoms with Crippen molar-refractivity contribution in [2.75, 3.05) is 18.5 Å². The highest BCUT2D eigenvalue weighted by molar-refractivity contribution is 5.54. The summed E-state index contributed by atoms with van der Waals surface area (Å²) < 4.78 is 13.9. The Morgan fingerprint density at radius 3 is 2.63 bits per heavy atom. The molecule has 1 fully saturated rings. The number of halogens is 1. The summed E-state index contributed by atoms with van der Waals surface area (Å²) in [5.41, 5.74) is 1.24. The first kappa shape index (κ1) is 14.3. The molecule has 1 aromatic rings. The first-order valence-electron chi connectivity index (χ1n) is 7.27. The van der Waals surface area contributed by atoms with Crippen LogP contribution in [0.3, 0.4) is 0 Å². The molecule has 1 atom stereocenters. The van der Waals surface area contributed by atoms with E-state index < -0.39 is 6.10 Å². The van der Waals surface area contributed by atoms with Gasteiger partial charge in [0.1, 0.15) is 5.82 Å². The lowest BCUT2D eigenvalue weighted by molar-refractivity contribution is 0.194. The Bertz CT molecular complexity index is 413. The number of aliphatic hydroxyl groups excluding tert-OH is 1. The molecule has 0 unspecified atom stereocenters. The minimum atomic E-state index is -0.773. The Morgan fingerprint density at radius 2 is 2.00 bits per heavy atom. The van der Waals surface area contributed by atoms with E-state index in [1.807, 2.05) is 13.1 Å². The van der Waals surface area contributed by atoms with Crippen LogP contribution in [0.25, 0.3) is 0 Å². The standard InChI is InChI=1S/C16H24FNO/c1-12(19)16-14(17)9-6-10-15(16)18(2)11-13-7-4-3-5-8-13/h6,9-10,12-13,19H,3-5,7-8,11H2,1-2H3/t12-/m0/s1. The molecular formula is C16H24FNO. The van der Waals surface area contributed by atoms with E-state index in [0.717, 1.165) is 12.2 Å². The molecule has 0 spiro atoms. The van der Waals surface area contributed by atoms with Crippen LogP contribution in [0.5, 0.6) is 0 Å². The number of benzene rings is 1. The maximum atomic E-state index is 13.9. The van der Waals surface area contributed by atoms with Gasteiger partial charge in [-0.3, -0.25) is 0 Å². The SMILES string of the molecule is C[C@H](O)c1c(F)cccc1N(C)CC1CCCCC1. The van der Waals surface area contributed by atoms with Gasteiger partial charge in [-0.2, -0.15) is 0 Å². The van der Waals surface area contributed by atoms with Crippen molar-refractivity contribution in [3.63, 3.8) is 0 Å². The molecule has 3 heteroatoms. The molecule has 0 amide bonds. The van der Waals surface area contributed by atoms with E-state index in [2.05, 4.69) is 4.90 Å². The lowest BCUT2D eigenvalue weighted by Crippen LogP contribution is -2.28. The monoisotopic (exact) mass is 265 g/mol. The van der Waals surface area contributed by atoms with Gasteiger partial charge in [-0.15, -0.1) is 0 Å². The second-order valence-electron chi connectivity index (χ2n) is 5.73. The molecule has 0 heterocycles. The van der Waals surface area contributed by atoms with Gasteiger partial charge in [0.15, 0.2) is 0 Å². The number of nitrogens with zero attached hydrogens (tertiary/aromatic N) is 1. The number of anilines is 1. The van der Waals surface area contributed by atoms with Gasteiger partial charge in [0.25, 0.3) is 0 Å². The van der Waals surface area contributed by atoms with Crippen molar-refractivity contribution >= 4 is 5.69 Å². The lowest BCUT2D eigenvalue weighted by atomic mass is 9.89. The maximum absolute atomic E-state index is 13.9. The van der Waals surface area contributed by atoms with Crippen LogP contribution < -0.4 is 4.90 Å². The van der Waals surface area contributed by atoms with Crippen molar-refractivity contribution < 1.29 is 9.50 Å². The average molecular weight is 265 g/mol. The first-order valence-corrected chi connectivity index (χ1v) is 7.27. The van der Waals surface area contributed by atoms with Crippen molar-refractivity contribution in [2.45, 2.75) is 45.1 Å². The Balaban J connectivity index is 2.13. The third-order valence-electron chi connectivity index (χ3n) is 4.12. The summed E-state index contributed by atoms with van der Waals surface area (Å²) in [6.45, 7) is 2.57. The maximum Gasteiger partial charge on any atom is 0.131 e. The summed E-state index contributed by atoms with van der Waals surface area (Å²) >= 11 is 0. The largest absolute Gasteiger partial charge is 0.389 e. The Labute approximate surface area is 115 Å². The van der Waals surface area contributed by atoms with Crippen LogP contribution >= 0.6 is 0 Å². The third-order valence-corrected chi connectivity index (χ3v) is 4.12. The van der Waals surface area contributed by atoms with Crippen LogP contribution in [0.1, 0.15) is 50.7 Å². The van der Waals surface area contributed by atoms with E-state index in [1.54, 1.807) is 13.0 Å². The summed E-state index contributed by atoms with van der Waals surface area (Å²) in [7, 11) is 2.00. The van der Waals surface area contributed by atoms with Gasteiger partial charge in [0.05, 0.1) is 6.10 Å². The molecular weight excluding hydrogens is 241 g/mol. The summed E-state index contributed by atoms with van der Waals surface area (Å²) in [5.74, 6) is 0.381. The van der Waals surface area contributed by atoms with Crippen LogP contribution in [-0.2, 0) is 0 Å². The van der Waals surface area contributed by atoms with Gasteiger partial charge >= 0.3 is 0 Å². The van der Waals surface area contributed by atoms with Crippen molar-refractivity contribution in [1.29, 1.82) is 0 Å². The predicted octanol–water partition coefficient (Wildman–Crippen LogP) is 3.90. The number of rotatable bonds is 4. The summed E-state index contributed by atoms with van der Waals surface area (Å²) in [6.07, 6.45) is 5.73. The molecule has 106 valence electrons. The van der Waals surface area contributed by atoms with Gasteiger partial charge in [0, 0.05) is 24.8 Å². The highest BCUT2D eigenvalue weighted by Gasteiger charge is 2.20. The summed E-state index contributed by atoms with van der Waals surface area (Å²) in [5, 5.41) is 9.77. The van der Waals surface area contributed by atoms with Gasteiger partial charge in [-0.25, -0.2) is 4.39 Å². The zero-order valence-electron chi connectivity index (χ0n) is 11.9. The number of hydrogen-bond donors (Lipinski definition) is 1. The van der Waals surface area contributed by atoms with Crippen LogP contribution in [0.4, 0.5) is 10.1 Å². The molecule has 1 saturated carbocycles. The predicted molar refractivity (Wildman–Crippen MR) is 76.9 cm³/mol. The zero-order chi connectivity index (χ0) is 13.8. The molecule has 1 aromatic carbocycles. The molecule has 2 rings (SSSR count). The fourth-order valence-electron chi connectivity index (χ4n) is 3.13. The number of aliphatic hydroxyl groups is 1. The van der Waals surface area contributed by atoms with Crippen molar-refractivity contribution in [3.8, 4) is 0 Å². The molecule has 1 aliphatic carbocycles. The van der Waals surface area contributed by atoms with E-state index >= 15 is 0 Å². The fourth-order valence-corrected chi connectivity index (χ4v) is 3.13. The zero-order valence-corrected chi connectivity index (χ0v) is 11.9. The van der Waals surface area contributed by atoms with Crippen molar-refractivity contribution in [1.82, 2.24) is 0 Å². The Morgan fingerprint density at radius 1 is 1.32 bits per heavy atom. The molecule has 0 aromatic heterocycles. The van der Waals surface area contributed by atoms with E-state index in [-0.39, 0.29) is 5.82 Å². The first-order chi connectivity index (χ1) is 9.09. The van der Waals surface area contributed by atoms with E-state index in [9.17, 15) is 9.50 Å². The highest BCUT2D eigenvalue weighted by Crippen LogP contribution is 2.31. The van der Waals surface area contributed by atoms with Crippen LogP contribution in [0.2, 0.25) is 0 Å². The molecule has 19 heavy (non-hydrogen) atoms. The van der Waals surface area contributed by atoms with Crippen LogP contribution in [0, 0.1) is 11.7 Å². The van der Waals surface area contributed by atoms with Crippen molar-refractivity contribution in [2.24, 2.45) is 5.92 Å². The second-order valence-corrected chi connectivity index (χ2v) is 5.73. The molecule has 0 aliphatic heterocycles. The smallest absolute Gasteiger partial charge is 0.131 e. The van der Waals surface area contributed by atoms with E-state index in [1.165, 1.54) is 38.2 Å². The molecule has 0 saturated heterocycles. The molecule has 2 nitrogen and oxygen atoms in total. The van der Waals surface area contributed by atoms with Gasteiger partial charge in [-0.1, -0.05) is 25.3 Å². The quantitative estimate of drug-likeness (QED) is 0.892. The van der Waals surface area contributed by atoms with Crippen LogP contribution in [0.15, 0.2) is 18.2 Å². The summed E-state index contributed by atoms with van der Waals surface area (Å²) in [6, 6.07) is 5.03. The topological polar surface area (TPSA) is 23.5 Å². The second kappa shape index (κ2) is 6.38. The molecule has 1 N–H and O–H groups in total. The van der Waals surface area contributed by atoms with Crippen molar-refractivity contribution in [3.05, 3.63) is 29.6 Å². The van der Waals surface area contributed by atoms with Gasteiger partial charge < -0.3 is 10.0 Å². The Hall–Kier alpha value is -1.09. The van der Waals surface area contributed by atoms with Gasteiger partial charge in [0.2, 0.25) is 0 Å². The molecule has 0 bridgehead atoms. The third kappa shape index (κ3) is 3.47. The normalized spacial score (nSPS) is 18.3. The minimum Gasteiger partial charge on any atom is -0.389 e. The van der Waals surface area contributed by atoms with E-state index in [4.69, 9.17) is 0 Å². The number of hydrogen-bond acceptors (Lipinski definition) is 2. The highest BCUT2D eigenvalue weighted by atomic mass is 19.1. The fraction of sp³-hybridized carbons (Fsp3) is 0.625.